The number of aromatic amines is 1. The minimum absolute atomic E-state index is 0.0242. The maximum atomic E-state index is 11.3. The number of hydrogen-bond acceptors (Lipinski definition) is 5. The van der Waals surface area contributed by atoms with Crippen LogP contribution in [0, 0.1) is 0 Å². The molecular formula is C13H13N3O3S. The number of nitrogens with one attached hydrogen (secondary N) is 1. The molecule has 0 saturated carbocycles. The van der Waals surface area contributed by atoms with E-state index in [2.05, 4.69) is 15.2 Å². The summed E-state index contributed by atoms with van der Waals surface area (Å²) >= 11 is 0.934. The van der Waals surface area contributed by atoms with Crippen molar-refractivity contribution in [3.05, 3.63) is 40.6 Å². The number of thioether (sulfide) groups is 1. The highest BCUT2D eigenvalue weighted by Crippen LogP contribution is 2.28. The Balaban J connectivity index is 2.27. The first-order chi connectivity index (χ1) is 9.60. The molecule has 2 rings (SSSR count). The van der Waals surface area contributed by atoms with Gasteiger partial charge in [0, 0.05) is 12.0 Å². The van der Waals surface area contributed by atoms with Gasteiger partial charge in [-0.1, -0.05) is 25.1 Å². The lowest BCUT2D eigenvalue weighted by molar-refractivity contribution is -0.131. The van der Waals surface area contributed by atoms with Crippen LogP contribution < -0.4 is 0 Å². The fourth-order valence-electron chi connectivity index (χ4n) is 1.47. The minimum Gasteiger partial charge on any atom is -0.507 e. The third kappa shape index (κ3) is 3.39. The number of benzene rings is 1. The van der Waals surface area contributed by atoms with E-state index < -0.39 is 5.97 Å². The number of nitrogens with zero attached hydrogens (tertiary/aromatic N) is 2. The first-order valence-electron chi connectivity index (χ1n) is 5.92. The Morgan fingerprint density at radius 1 is 1.45 bits per heavy atom. The van der Waals surface area contributed by atoms with E-state index in [1.165, 1.54) is 12.1 Å². The first kappa shape index (κ1) is 14.1. The van der Waals surface area contributed by atoms with Crippen LogP contribution in [0.5, 0.6) is 5.75 Å². The highest BCUT2D eigenvalue weighted by atomic mass is 32.2. The third-order valence-corrected chi connectivity index (χ3v) is 3.36. The summed E-state index contributed by atoms with van der Waals surface area (Å²) in [7, 11) is 0. The zero-order valence-corrected chi connectivity index (χ0v) is 11.5. The predicted molar refractivity (Wildman–Crippen MR) is 75.3 cm³/mol. The van der Waals surface area contributed by atoms with Gasteiger partial charge < -0.3 is 10.2 Å². The zero-order chi connectivity index (χ0) is 14.5. The monoisotopic (exact) mass is 291 g/mol. The number of aryl methyl sites for hydroxylation is 1. The number of rotatable bonds is 5. The summed E-state index contributed by atoms with van der Waals surface area (Å²) in [4.78, 5) is 15.4. The van der Waals surface area contributed by atoms with Gasteiger partial charge >= 0.3 is 5.97 Å². The van der Waals surface area contributed by atoms with E-state index in [9.17, 15) is 15.0 Å². The van der Waals surface area contributed by atoms with E-state index in [-0.39, 0.29) is 10.7 Å². The van der Waals surface area contributed by atoms with Crippen molar-refractivity contribution in [2.24, 2.45) is 0 Å². The van der Waals surface area contributed by atoms with Crippen LogP contribution >= 0.6 is 11.8 Å². The normalized spacial score (nSPS) is 11.6. The molecule has 0 aliphatic carbocycles. The van der Waals surface area contributed by atoms with Crippen LogP contribution in [0.2, 0.25) is 0 Å². The highest BCUT2D eigenvalue weighted by Gasteiger charge is 2.14. The number of carbonyl (C=O) groups is 1. The molecule has 1 aromatic heterocycles. The molecule has 3 N–H and O–H groups in total. The molecular weight excluding hydrogens is 278 g/mol. The Morgan fingerprint density at radius 3 is 2.80 bits per heavy atom. The molecule has 0 aliphatic rings. The molecule has 0 radical (unpaired) electrons. The smallest absolute Gasteiger partial charge is 0.342 e. The van der Waals surface area contributed by atoms with Crippen molar-refractivity contribution in [3.63, 3.8) is 0 Å². The quantitative estimate of drug-likeness (QED) is 0.577. The second-order valence-electron chi connectivity index (χ2n) is 3.89. The van der Waals surface area contributed by atoms with Gasteiger partial charge in [-0.3, -0.25) is 5.10 Å². The van der Waals surface area contributed by atoms with Crippen LogP contribution in [0.4, 0.5) is 0 Å². The van der Waals surface area contributed by atoms with Gasteiger partial charge in [0.1, 0.15) is 16.5 Å². The second-order valence-corrected chi connectivity index (χ2v) is 4.90. The number of phenolic OH excluding ortho intramolecular Hbond substituents is 1. The Labute approximate surface area is 119 Å². The van der Waals surface area contributed by atoms with Gasteiger partial charge in [0.15, 0.2) is 0 Å². The summed E-state index contributed by atoms with van der Waals surface area (Å²) in [6.45, 7) is 1.92. The molecule has 1 heterocycles. The van der Waals surface area contributed by atoms with Crippen molar-refractivity contribution < 1.29 is 15.0 Å². The average molecular weight is 291 g/mol. The van der Waals surface area contributed by atoms with E-state index in [0.717, 1.165) is 11.8 Å². The van der Waals surface area contributed by atoms with Crippen molar-refractivity contribution in [1.29, 1.82) is 0 Å². The number of carboxylic acid groups (broad SMARTS) is 1. The lowest BCUT2D eigenvalue weighted by Gasteiger charge is -2.01. The van der Waals surface area contributed by atoms with Crippen LogP contribution in [-0.4, -0.2) is 31.4 Å². The van der Waals surface area contributed by atoms with E-state index >= 15 is 0 Å². The molecule has 6 nitrogen and oxygen atoms in total. The van der Waals surface area contributed by atoms with Gasteiger partial charge in [-0.25, -0.2) is 9.78 Å². The van der Waals surface area contributed by atoms with Crippen molar-refractivity contribution in [2.45, 2.75) is 18.5 Å². The molecule has 0 spiro atoms. The summed E-state index contributed by atoms with van der Waals surface area (Å²) < 4.78 is 0. The number of aromatic nitrogens is 3. The Morgan fingerprint density at radius 2 is 2.20 bits per heavy atom. The maximum Gasteiger partial charge on any atom is 0.342 e. The highest BCUT2D eigenvalue weighted by molar-refractivity contribution is 8.04. The minimum atomic E-state index is -1.10. The summed E-state index contributed by atoms with van der Waals surface area (Å²) in [5, 5.41) is 25.9. The third-order valence-electron chi connectivity index (χ3n) is 2.48. The van der Waals surface area contributed by atoms with Crippen molar-refractivity contribution in [1.82, 2.24) is 15.2 Å². The van der Waals surface area contributed by atoms with Crippen molar-refractivity contribution >= 4 is 23.8 Å². The number of H-pyrrole nitrogens is 1. The summed E-state index contributed by atoms with van der Waals surface area (Å²) in [6, 6.07) is 6.52. The topological polar surface area (TPSA) is 99.1 Å². The number of aliphatic carboxylic acids is 1. The van der Waals surface area contributed by atoms with Crippen molar-refractivity contribution in [2.75, 3.05) is 0 Å². The van der Waals surface area contributed by atoms with Gasteiger partial charge in [0.25, 0.3) is 0 Å². The van der Waals surface area contributed by atoms with Crippen LogP contribution in [0.1, 0.15) is 18.3 Å². The number of aromatic hydroxyl groups is 1. The number of carboxylic acids is 1. The SMILES string of the molecule is CCc1nc(S/C(=C\c2ccccc2O)C(=O)O)n[nH]1. The lowest BCUT2D eigenvalue weighted by Crippen LogP contribution is -1.97. The van der Waals surface area contributed by atoms with E-state index in [4.69, 9.17) is 0 Å². The van der Waals surface area contributed by atoms with Crippen LogP contribution in [0.3, 0.4) is 0 Å². The van der Waals surface area contributed by atoms with Gasteiger partial charge in [-0.15, -0.1) is 5.10 Å². The van der Waals surface area contributed by atoms with Gasteiger partial charge in [-0.2, -0.15) is 0 Å². The second kappa shape index (κ2) is 6.25. The molecule has 0 saturated heterocycles. The molecule has 104 valence electrons. The lowest BCUT2D eigenvalue weighted by atomic mass is 10.2. The molecule has 0 atom stereocenters. The van der Waals surface area contributed by atoms with Crippen molar-refractivity contribution in [3.8, 4) is 5.75 Å². The maximum absolute atomic E-state index is 11.3. The number of hydrogen-bond donors (Lipinski definition) is 3. The fraction of sp³-hybridized carbons (Fsp3) is 0.154. The molecule has 0 aliphatic heterocycles. The first-order valence-corrected chi connectivity index (χ1v) is 6.74. The standard InChI is InChI=1S/C13H13N3O3S/c1-2-11-14-13(16-15-11)20-10(12(18)19)7-8-5-3-4-6-9(8)17/h3-7,17H,2H2,1H3,(H,18,19)(H,14,15,16)/b10-7-. The van der Waals surface area contributed by atoms with Gasteiger partial charge in [0.05, 0.1) is 0 Å². The molecule has 0 amide bonds. The van der Waals surface area contributed by atoms with E-state index in [0.29, 0.717) is 23.0 Å². The Hall–Kier alpha value is -2.28. The van der Waals surface area contributed by atoms with E-state index in [1.807, 2.05) is 6.92 Å². The van der Waals surface area contributed by atoms with Crippen LogP contribution in [0.25, 0.3) is 6.08 Å². The largest absolute Gasteiger partial charge is 0.507 e. The molecule has 0 fully saturated rings. The molecule has 7 heteroatoms. The molecule has 1 aromatic carbocycles. The molecule has 20 heavy (non-hydrogen) atoms. The fourth-order valence-corrected chi connectivity index (χ4v) is 2.18. The zero-order valence-electron chi connectivity index (χ0n) is 10.7. The summed E-state index contributed by atoms with van der Waals surface area (Å²) in [5.41, 5.74) is 0.434. The molecule has 0 bridgehead atoms. The van der Waals surface area contributed by atoms with Gasteiger partial charge in [-0.05, 0) is 23.9 Å². The Kier molecular flexibility index (Phi) is 4.41. The Bertz CT molecular complexity index is 652. The summed E-state index contributed by atoms with van der Waals surface area (Å²) in [6.07, 6.45) is 2.09. The number of para-hydroxylation sites is 1. The van der Waals surface area contributed by atoms with Crippen LogP contribution in [-0.2, 0) is 11.2 Å². The van der Waals surface area contributed by atoms with Gasteiger partial charge in [0.2, 0.25) is 5.16 Å². The predicted octanol–water partition coefficient (Wildman–Crippen LogP) is 2.29. The molecule has 0 unspecified atom stereocenters. The van der Waals surface area contributed by atoms with Crippen LogP contribution in [0.15, 0.2) is 34.3 Å². The van der Waals surface area contributed by atoms with E-state index in [1.54, 1.807) is 18.2 Å². The average Bonchev–Trinajstić information content (AvgIpc) is 2.88. The molecule has 2 aromatic rings. The number of phenols is 1. The summed E-state index contributed by atoms with van der Waals surface area (Å²) in [5.74, 6) is -0.378.